The molecule has 0 heterocycles. The molecule has 0 saturated heterocycles. The maximum absolute atomic E-state index is 12.0. The van der Waals surface area contributed by atoms with Crippen LogP contribution in [0.3, 0.4) is 0 Å². The molecule has 0 atom stereocenters. The molecule has 2 aromatic carbocycles. The van der Waals surface area contributed by atoms with E-state index in [9.17, 15) is 8.42 Å². The predicted molar refractivity (Wildman–Crippen MR) is 90.2 cm³/mol. The zero-order valence-electron chi connectivity index (χ0n) is 10.9. The SMILES string of the molecule is Nc1c(Cl)cc(Cl)c(C=NNS(=O)(=O)c2ccccc2)c1Cl. The lowest BCUT2D eigenvalue weighted by Crippen LogP contribution is -2.18. The van der Waals surface area contributed by atoms with E-state index in [4.69, 9.17) is 40.5 Å². The van der Waals surface area contributed by atoms with Crippen LogP contribution in [0.15, 0.2) is 46.4 Å². The van der Waals surface area contributed by atoms with Crippen LogP contribution in [-0.4, -0.2) is 14.6 Å². The number of nitrogens with zero attached hydrogens (tertiary/aromatic N) is 1. The zero-order valence-corrected chi connectivity index (χ0v) is 14.0. The number of benzene rings is 2. The van der Waals surface area contributed by atoms with E-state index < -0.39 is 10.0 Å². The van der Waals surface area contributed by atoms with Gasteiger partial charge in [0.1, 0.15) is 0 Å². The first kappa shape index (κ1) is 16.9. The summed E-state index contributed by atoms with van der Waals surface area (Å²) >= 11 is 17.8. The van der Waals surface area contributed by atoms with Gasteiger partial charge in [-0.3, -0.25) is 0 Å². The number of hydrogen-bond donors (Lipinski definition) is 2. The van der Waals surface area contributed by atoms with Crippen LogP contribution in [0, 0.1) is 0 Å². The summed E-state index contributed by atoms with van der Waals surface area (Å²) < 4.78 is 24.0. The van der Waals surface area contributed by atoms with Crippen molar-refractivity contribution in [1.29, 1.82) is 0 Å². The van der Waals surface area contributed by atoms with Crippen molar-refractivity contribution >= 4 is 56.7 Å². The van der Waals surface area contributed by atoms with Crippen molar-refractivity contribution in [3.8, 4) is 0 Å². The highest BCUT2D eigenvalue weighted by molar-refractivity contribution is 7.89. The number of hydrazone groups is 1. The van der Waals surface area contributed by atoms with E-state index in [0.29, 0.717) is 0 Å². The Bertz CT molecular complexity index is 824. The molecule has 116 valence electrons. The molecule has 0 spiro atoms. The third-order valence-corrected chi connectivity index (χ3v) is 4.93. The van der Waals surface area contributed by atoms with E-state index in [1.807, 2.05) is 0 Å². The van der Waals surface area contributed by atoms with Gasteiger partial charge in [-0.1, -0.05) is 53.0 Å². The van der Waals surface area contributed by atoms with Crippen LogP contribution in [0.25, 0.3) is 0 Å². The highest BCUT2D eigenvalue weighted by atomic mass is 35.5. The molecule has 3 N–H and O–H groups in total. The minimum atomic E-state index is -3.77. The number of hydrogen-bond acceptors (Lipinski definition) is 4. The van der Waals surface area contributed by atoms with E-state index in [0.717, 1.165) is 6.21 Å². The van der Waals surface area contributed by atoms with Crippen LogP contribution in [0.2, 0.25) is 15.1 Å². The molecule has 0 saturated carbocycles. The van der Waals surface area contributed by atoms with Crippen molar-refractivity contribution in [1.82, 2.24) is 4.83 Å². The van der Waals surface area contributed by atoms with Gasteiger partial charge < -0.3 is 5.73 Å². The summed E-state index contributed by atoms with van der Waals surface area (Å²) in [5, 5.41) is 4.16. The van der Waals surface area contributed by atoms with Crippen LogP contribution in [0.1, 0.15) is 5.56 Å². The summed E-state index contributed by atoms with van der Waals surface area (Å²) in [5.41, 5.74) is 6.08. The van der Waals surface area contributed by atoms with Crippen LogP contribution in [0.5, 0.6) is 0 Å². The summed E-state index contributed by atoms with van der Waals surface area (Å²) in [5.74, 6) is 0. The number of rotatable bonds is 4. The number of nitrogens with one attached hydrogen (secondary N) is 1. The van der Waals surface area contributed by atoms with Crippen molar-refractivity contribution in [3.63, 3.8) is 0 Å². The molecule has 0 amide bonds. The Hall–Kier alpha value is -1.47. The lowest BCUT2D eigenvalue weighted by molar-refractivity contribution is 0.584. The fraction of sp³-hybridized carbons (Fsp3) is 0. The van der Waals surface area contributed by atoms with Crippen molar-refractivity contribution < 1.29 is 8.42 Å². The van der Waals surface area contributed by atoms with Gasteiger partial charge >= 0.3 is 0 Å². The van der Waals surface area contributed by atoms with E-state index >= 15 is 0 Å². The molecule has 0 fully saturated rings. The minimum absolute atomic E-state index is 0.0833. The Morgan fingerprint density at radius 2 is 1.73 bits per heavy atom. The third kappa shape index (κ3) is 3.64. The molecule has 5 nitrogen and oxygen atoms in total. The van der Waals surface area contributed by atoms with Crippen molar-refractivity contribution in [3.05, 3.63) is 57.0 Å². The van der Waals surface area contributed by atoms with Gasteiger partial charge in [-0.05, 0) is 18.2 Å². The quantitative estimate of drug-likeness (QED) is 0.485. The monoisotopic (exact) mass is 377 g/mol. The molecule has 0 aliphatic carbocycles. The van der Waals surface area contributed by atoms with Crippen LogP contribution >= 0.6 is 34.8 Å². The van der Waals surface area contributed by atoms with Gasteiger partial charge in [0.25, 0.3) is 10.0 Å². The summed E-state index contributed by atoms with van der Waals surface area (Å²) in [6.45, 7) is 0. The molecule has 0 aliphatic heterocycles. The molecule has 2 rings (SSSR count). The van der Waals surface area contributed by atoms with Crippen LogP contribution in [-0.2, 0) is 10.0 Å². The first-order valence-corrected chi connectivity index (χ1v) is 8.47. The number of anilines is 1. The van der Waals surface area contributed by atoms with Gasteiger partial charge in [0.05, 0.1) is 31.9 Å². The van der Waals surface area contributed by atoms with E-state index in [1.165, 1.54) is 18.2 Å². The molecule has 0 bridgehead atoms. The maximum Gasteiger partial charge on any atom is 0.276 e. The summed E-state index contributed by atoms with van der Waals surface area (Å²) in [6, 6.07) is 9.20. The Morgan fingerprint density at radius 1 is 1.09 bits per heavy atom. The highest BCUT2D eigenvalue weighted by Crippen LogP contribution is 2.34. The van der Waals surface area contributed by atoms with Gasteiger partial charge in [0, 0.05) is 5.56 Å². The molecule has 0 aliphatic rings. The van der Waals surface area contributed by atoms with E-state index in [1.54, 1.807) is 18.2 Å². The number of sulfonamides is 1. The second-order valence-corrected chi connectivity index (χ2v) is 7.00. The Morgan fingerprint density at radius 3 is 2.36 bits per heavy atom. The second kappa shape index (κ2) is 6.75. The largest absolute Gasteiger partial charge is 0.396 e. The van der Waals surface area contributed by atoms with Crippen LogP contribution in [0.4, 0.5) is 5.69 Å². The molecule has 0 unspecified atom stereocenters. The molecule has 0 radical (unpaired) electrons. The van der Waals surface area contributed by atoms with Gasteiger partial charge in [0.15, 0.2) is 0 Å². The van der Waals surface area contributed by atoms with Gasteiger partial charge in [0.2, 0.25) is 0 Å². The fourth-order valence-corrected chi connectivity index (χ4v) is 3.23. The number of halogens is 3. The standard InChI is InChI=1S/C13H10Cl3N3O2S/c14-10-6-11(15)13(17)12(16)9(10)7-18-19-22(20,21)8-4-2-1-3-5-8/h1-7,19H,17H2. The first-order valence-electron chi connectivity index (χ1n) is 5.86. The summed E-state index contributed by atoms with van der Waals surface area (Å²) in [7, 11) is -3.77. The fourth-order valence-electron chi connectivity index (χ4n) is 1.55. The molecule has 22 heavy (non-hydrogen) atoms. The number of nitrogen functional groups attached to an aromatic ring is 1. The summed E-state index contributed by atoms with van der Waals surface area (Å²) in [6.07, 6.45) is 1.16. The minimum Gasteiger partial charge on any atom is -0.396 e. The first-order chi connectivity index (χ1) is 10.3. The highest BCUT2D eigenvalue weighted by Gasteiger charge is 2.13. The molecular formula is C13H10Cl3N3O2S. The second-order valence-electron chi connectivity index (χ2n) is 4.15. The third-order valence-electron chi connectivity index (χ3n) is 2.66. The van der Waals surface area contributed by atoms with Crippen LogP contribution < -0.4 is 10.6 Å². The van der Waals surface area contributed by atoms with Crippen molar-refractivity contribution in [2.24, 2.45) is 5.10 Å². The Labute approximate surface area is 142 Å². The van der Waals surface area contributed by atoms with Crippen molar-refractivity contribution in [2.75, 3.05) is 5.73 Å². The molecular weight excluding hydrogens is 369 g/mol. The lowest BCUT2D eigenvalue weighted by Gasteiger charge is -2.07. The molecule has 0 aromatic heterocycles. The molecule has 2 aromatic rings. The van der Waals surface area contributed by atoms with Gasteiger partial charge in [-0.25, -0.2) is 4.83 Å². The topological polar surface area (TPSA) is 84.5 Å². The summed E-state index contributed by atoms with van der Waals surface area (Å²) in [4.78, 5) is 2.15. The predicted octanol–water partition coefficient (Wildman–Crippen LogP) is 3.54. The smallest absolute Gasteiger partial charge is 0.276 e. The van der Waals surface area contributed by atoms with E-state index in [2.05, 4.69) is 9.93 Å². The average Bonchev–Trinajstić information content (AvgIpc) is 2.49. The van der Waals surface area contributed by atoms with Gasteiger partial charge in [-0.15, -0.1) is 0 Å². The Kier molecular flexibility index (Phi) is 5.18. The number of nitrogens with two attached hydrogens (primary N) is 1. The lowest BCUT2D eigenvalue weighted by atomic mass is 10.2. The maximum atomic E-state index is 12.0. The zero-order chi connectivity index (χ0) is 16.3. The average molecular weight is 379 g/mol. The van der Waals surface area contributed by atoms with Gasteiger partial charge in [-0.2, -0.15) is 13.5 Å². The normalized spacial score (nSPS) is 11.8. The molecule has 9 heteroatoms. The van der Waals surface area contributed by atoms with E-state index in [-0.39, 0.29) is 31.2 Å². The van der Waals surface area contributed by atoms with Crippen molar-refractivity contribution in [2.45, 2.75) is 4.90 Å². The Balaban J connectivity index is 2.26.